The number of anilines is 1. The lowest BCUT2D eigenvalue weighted by atomic mass is 9.79. The summed E-state index contributed by atoms with van der Waals surface area (Å²) in [6, 6.07) is 11.7. The molecule has 6 rings (SSSR count). The van der Waals surface area contributed by atoms with Gasteiger partial charge in [-0.3, -0.25) is 4.79 Å². The molecule has 0 unspecified atom stereocenters. The number of hydrogen-bond acceptors (Lipinski definition) is 6. The third-order valence-electron chi connectivity index (χ3n) is 10.8. The molecule has 0 radical (unpaired) electrons. The van der Waals surface area contributed by atoms with Gasteiger partial charge in [0.2, 0.25) is 0 Å². The maximum Gasteiger partial charge on any atom is 0.410 e. The van der Waals surface area contributed by atoms with Crippen LogP contribution in [0.1, 0.15) is 49.7 Å². The summed E-state index contributed by atoms with van der Waals surface area (Å²) in [6.07, 6.45) is 5.35. The van der Waals surface area contributed by atoms with Crippen LogP contribution in [0.5, 0.6) is 5.75 Å². The van der Waals surface area contributed by atoms with Gasteiger partial charge in [-0.05, 0) is 138 Å². The normalized spacial score (nSPS) is 20.9. The predicted octanol–water partition coefficient (Wildman–Crippen LogP) is 6.40. The van der Waals surface area contributed by atoms with Gasteiger partial charge in [-0.15, -0.1) is 0 Å². The number of methoxy groups -OCH3 is 1. The molecule has 0 aliphatic carbocycles. The maximum absolute atomic E-state index is 14.1. The van der Waals surface area contributed by atoms with Gasteiger partial charge in [-0.1, -0.05) is 18.2 Å². The molecule has 3 saturated heterocycles. The average Bonchev–Trinajstić information content (AvgIpc) is 3.26. The van der Waals surface area contributed by atoms with Gasteiger partial charge in [-0.25, -0.2) is 9.59 Å². The first-order valence-corrected chi connectivity index (χ1v) is 18.9. The largest absolute Gasteiger partial charge is 0.494 e. The molecule has 0 aromatic heterocycles. The van der Waals surface area contributed by atoms with E-state index in [-0.39, 0.29) is 24.4 Å². The molecule has 260 valence electrons. The van der Waals surface area contributed by atoms with Crippen LogP contribution in [-0.2, 0) is 22.4 Å². The second-order valence-electron chi connectivity index (χ2n) is 13.7. The number of benzene rings is 2. The molecule has 48 heavy (non-hydrogen) atoms. The van der Waals surface area contributed by atoms with E-state index in [9.17, 15) is 14.4 Å². The zero-order valence-corrected chi connectivity index (χ0v) is 31.1. The van der Waals surface area contributed by atoms with E-state index in [1.54, 1.807) is 12.0 Å². The molecule has 3 fully saturated rings. The Bertz CT molecular complexity index is 1450. The first-order valence-electron chi connectivity index (χ1n) is 17.3. The number of nitrogens with zero attached hydrogens (tertiary/aromatic N) is 4. The zero-order valence-electron chi connectivity index (χ0n) is 28.0. The third kappa shape index (κ3) is 8.13. The summed E-state index contributed by atoms with van der Waals surface area (Å²) in [6.45, 7) is 5.22. The Hall–Kier alpha value is -2.83. The second kappa shape index (κ2) is 15.8. The zero-order chi connectivity index (χ0) is 33.8. The fraction of sp³-hybridized carbons (Fsp3) is 0.583. The van der Waals surface area contributed by atoms with Crippen molar-refractivity contribution in [3.8, 4) is 5.75 Å². The Morgan fingerprint density at radius 3 is 2.12 bits per heavy atom. The van der Waals surface area contributed by atoms with Gasteiger partial charge in [0.15, 0.2) is 6.10 Å². The van der Waals surface area contributed by atoms with Crippen molar-refractivity contribution >= 4 is 55.6 Å². The fourth-order valence-corrected chi connectivity index (χ4v) is 9.51. The van der Waals surface area contributed by atoms with E-state index < -0.39 is 12.2 Å². The number of carbonyl (C=O) groups is 3. The Morgan fingerprint density at radius 1 is 0.875 bits per heavy atom. The minimum Gasteiger partial charge on any atom is -0.494 e. The standard InChI is InChI=1S/C36H47Br2N5O5/c1-40-14-7-25(8-15-40)26-9-16-41(17-10-26)34(44)32(23-24-21-29(37)33(47-2)30(38)22-24)48-36(46)42-18-12-28(13-19-42)43-20-11-27-5-3-4-6-31(27)39-35(43)45/h3-6,21-22,25-26,28,32H,7-20,23H2,1-2H3,(H,39,45)/t32-/m1/s1. The Morgan fingerprint density at radius 2 is 1.48 bits per heavy atom. The van der Waals surface area contributed by atoms with Gasteiger partial charge in [0.1, 0.15) is 5.75 Å². The van der Waals surface area contributed by atoms with Gasteiger partial charge < -0.3 is 34.4 Å². The number of piperidine rings is 3. The monoisotopic (exact) mass is 787 g/mol. The van der Waals surface area contributed by atoms with Crippen LogP contribution in [0.15, 0.2) is 45.3 Å². The van der Waals surface area contributed by atoms with E-state index in [1.165, 1.54) is 12.8 Å². The molecule has 1 N–H and O–H groups in total. The quantitative estimate of drug-likeness (QED) is 0.349. The number of urea groups is 1. The molecule has 0 saturated carbocycles. The molecule has 2 aromatic carbocycles. The van der Waals surface area contributed by atoms with E-state index in [4.69, 9.17) is 9.47 Å². The average molecular weight is 790 g/mol. The summed E-state index contributed by atoms with van der Waals surface area (Å²) < 4.78 is 13.1. The number of likely N-dealkylation sites (tertiary alicyclic amines) is 3. The molecular formula is C36H47Br2N5O5. The summed E-state index contributed by atoms with van der Waals surface area (Å²) in [5, 5.41) is 3.06. The Labute approximate surface area is 300 Å². The molecule has 1 atom stereocenters. The van der Waals surface area contributed by atoms with E-state index in [1.807, 2.05) is 40.1 Å². The van der Waals surface area contributed by atoms with Crippen molar-refractivity contribution in [1.29, 1.82) is 0 Å². The van der Waals surface area contributed by atoms with Crippen molar-refractivity contribution in [1.82, 2.24) is 19.6 Å². The lowest BCUT2D eigenvalue weighted by molar-refractivity contribution is -0.142. The second-order valence-corrected chi connectivity index (χ2v) is 15.4. The van der Waals surface area contributed by atoms with Gasteiger partial charge in [0.05, 0.1) is 16.1 Å². The molecule has 4 heterocycles. The molecule has 4 aliphatic rings. The topological polar surface area (TPSA) is 94.7 Å². The number of fused-ring (bicyclic) bond motifs is 1. The van der Waals surface area contributed by atoms with Crippen LogP contribution in [0.4, 0.5) is 15.3 Å². The van der Waals surface area contributed by atoms with Crippen LogP contribution in [-0.4, -0.2) is 110 Å². The van der Waals surface area contributed by atoms with Crippen molar-refractivity contribution in [3.05, 3.63) is 56.5 Å². The molecule has 10 nitrogen and oxygen atoms in total. The molecule has 12 heteroatoms. The fourth-order valence-electron chi connectivity index (χ4n) is 7.91. The van der Waals surface area contributed by atoms with E-state index in [0.717, 1.165) is 64.0 Å². The third-order valence-corrected chi connectivity index (χ3v) is 12.0. The Kier molecular flexibility index (Phi) is 11.5. The summed E-state index contributed by atoms with van der Waals surface area (Å²) in [7, 11) is 3.80. The molecular weight excluding hydrogens is 742 g/mol. The smallest absolute Gasteiger partial charge is 0.410 e. The highest BCUT2D eigenvalue weighted by molar-refractivity contribution is 9.11. The number of nitrogens with one attached hydrogen (secondary N) is 1. The molecule has 2 aromatic rings. The van der Waals surface area contributed by atoms with Gasteiger partial charge in [0, 0.05) is 50.9 Å². The van der Waals surface area contributed by atoms with E-state index in [0.29, 0.717) is 57.2 Å². The number of amides is 4. The Balaban J connectivity index is 1.09. The van der Waals surface area contributed by atoms with Crippen LogP contribution in [0.2, 0.25) is 0 Å². The van der Waals surface area contributed by atoms with E-state index in [2.05, 4.69) is 55.2 Å². The van der Waals surface area contributed by atoms with Crippen LogP contribution < -0.4 is 10.1 Å². The van der Waals surface area contributed by atoms with Gasteiger partial charge >= 0.3 is 12.1 Å². The van der Waals surface area contributed by atoms with Crippen molar-refractivity contribution in [2.45, 2.75) is 63.5 Å². The predicted molar refractivity (Wildman–Crippen MR) is 192 cm³/mol. The maximum atomic E-state index is 14.1. The van der Waals surface area contributed by atoms with Crippen molar-refractivity contribution in [3.63, 3.8) is 0 Å². The van der Waals surface area contributed by atoms with Crippen LogP contribution in [0.25, 0.3) is 0 Å². The number of ether oxygens (including phenoxy) is 2. The van der Waals surface area contributed by atoms with Crippen molar-refractivity contribution < 1.29 is 23.9 Å². The van der Waals surface area contributed by atoms with Crippen LogP contribution in [0, 0.1) is 11.8 Å². The molecule has 0 bridgehead atoms. The first kappa shape index (κ1) is 35.0. The minimum atomic E-state index is -0.947. The first-order chi connectivity index (χ1) is 23.2. The minimum absolute atomic E-state index is 0.0284. The highest BCUT2D eigenvalue weighted by atomic mass is 79.9. The van der Waals surface area contributed by atoms with Crippen molar-refractivity contribution in [2.75, 3.05) is 65.3 Å². The SMILES string of the molecule is COc1c(Br)cc(C[C@@H](OC(=O)N2CCC(N3CCc4ccccc4NC3=O)CC2)C(=O)N2CCC(C3CCN(C)CC3)CC2)cc1Br. The summed E-state index contributed by atoms with van der Waals surface area (Å²) in [5.74, 6) is 1.89. The number of hydrogen-bond donors (Lipinski definition) is 1. The summed E-state index contributed by atoms with van der Waals surface area (Å²) in [4.78, 5) is 48.7. The lowest BCUT2D eigenvalue weighted by Gasteiger charge is -2.40. The molecule has 0 spiro atoms. The highest BCUT2D eigenvalue weighted by Crippen LogP contribution is 2.36. The van der Waals surface area contributed by atoms with Gasteiger partial charge in [-0.2, -0.15) is 0 Å². The highest BCUT2D eigenvalue weighted by Gasteiger charge is 2.37. The van der Waals surface area contributed by atoms with E-state index >= 15 is 0 Å². The van der Waals surface area contributed by atoms with Crippen LogP contribution in [0.3, 0.4) is 0 Å². The van der Waals surface area contributed by atoms with Crippen molar-refractivity contribution in [2.24, 2.45) is 11.8 Å². The van der Waals surface area contributed by atoms with Gasteiger partial charge in [0.25, 0.3) is 5.91 Å². The summed E-state index contributed by atoms with van der Waals surface area (Å²) in [5.41, 5.74) is 2.85. The lowest BCUT2D eigenvalue weighted by Crippen LogP contribution is -2.52. The number of rotatable bonds is 7. The number of halogens is 2. The molecule has 4 amide bonds. The number of para-hydroxylation sites is 1. The number of carbonyl (C=O) groups excluding carboxylic acids is 3. The van der Waals surface area contributed by atoms with Crippen LogP contribution >= 0.6 is 31.9 Å². The molecule has 4 aliphatic heterocycles. The summed E-state index contributed by atoms with van der Waals surface area (Å²) >= 11 is 7.15.